The van der Waals surface area contributed by atoms with Crippen molar-refractivity contribution in [1.82, 2.24) is 4.31 Å². The third kappa shape index (κ3) is 3.97. The van der Waals surface area contributed by atoms with Gasteiger partial charge in [0.2, 0.25) is 15.8 Å². The molecule has 0 unspecified atom stereocenters. The fourth-order valence-electron chi connectivity index (χ4n) is 3.65. The van der Waals surface area contributed by atoms with E-state index in [2.05, 4.69) is 15.9 Å². The molecule has 3 aromatic rings. The predicted molar refractivity (Wildman–Crippen MR) is 113 cm³/mol. The van der Waals surface area contributed by atoms with E-state index in [0.717, 1.165) is 22.5 Å². The van der Waals surface area contributed by atoms with Crippen LogP contribution in [0.5, 0.6) is 0 Å². The average Bonchev–Trinajstić information content (AvgIpc) is 3.19. The summed E-state index contributed by atoms with van der Waals surface area (Å²) in [6, 6.07) is 8.86. The van der Waals surface area contributed by atoms with Crippen LogP contribution in [0.3, 0.4) is 0 Å². The molecule has 7 nitrogen and oxygen atoms in total. The summed E-state index contributed by atoms with van der Waals surface area (Å²) in [5.74, 6) is -1.41. The van der Waals surface area contributed by atoms with Crippen LogP contribution in [0.25, 0.3) is 11.0 Å². The number of rotatable bonds is 4. The van der Waals surface area contributed by atoms with Gasteiger partial charge in [0.15, 0.2) is 0 Å². The van der Waals surface area contributed by atoms with Crippen LogP contribution in [0, 0.1) is 0 Å². The number of halogens is 4. The van der Waals surface area contributed by atoms with Crippen molar-refractivity contribution in [2.75, 3.05) is 31.1 Å². The Bertz CT molecular complexity index is 1300. The maximum Gasteiger partial charge on any atom is 0.417 e. The molecule has 32 heavy (non-hydrogen) atoms. The number of furan rings is 1. The van der Waals surface area contributed by atoms with Crippen LogP contribution >= 0.6 is 15.9 Å². The van der Waals surface area contributed by atoms with Crippen molar-refractivity contribution in [3.05, 3.63) is 58.3 Å². The first-order valence-corrected chi connectivity index (χ1v) is 11.6. The van der Waals surface area contributed by atoms with Crippen molar-refractivity contribution in [2.45, 2.75) is 11.1 Å². The largest absolute Gasteiger partial charge is 0.475 e. The highest BCUT2D eigenvalue weighted by atomic mass is 79.9. The second-order valence-corrected chi connectivity index (χ2v) is 9.81. The third-order valence-electron chi connectivity index (χ3n) is 5.22. The van der Waals surface area contributed by atoms with E-state index in [1.165, 1.54) is 12.1 Å². The van der Waals surface area contributed by atoms with Gasteiger partial charge in [0, 0.05) is 37.6 Å². The molecular formula is C20H16BrF3N2O5S. The van der Waals surface area contributed by atoms with Gasteiger partial charge in [-0.3, -0.25) is 0 Å². The molecule has 0 radical (unpaired) electrons. The Morgan fingerprint density at radius 1 is 1.06 bits per heavy atom. The molecule has 0 bridgehead atoms. The number of aromatic carboxylic acids is 1. The van der Waals surface area contributed by atoms with E-state index in [4.69, 9.17) is 9.52 Å². The van der Waals surface area contributed by atoms with Gasteiger partial charge in [0.05, 0.1) is 20.6 Å². The number of carboxylic acid groups (broad SMARTS) is 1. The van der Waals surface area contributed by atoms with Crippen molar-refractivity contribution in [2.24, 2.45) is 0 Å². The number of hydrogen-bond acceptors (Lipinski definition) is 5. The van der Waals surface area contributed by atoms with Gasteiger partial charge in [-0.05, 0) is 40.2 Å². The Balaban J connectivity index is 1.57. The number of benzene rings is 2. The van der Waals surface area contributed by atoms with Gasteiger partial charge >= 0.3 is 12.1 Å². The van der Waals surface area contributed by atoms with Gasteiger partial charge in [-0.15, -0.1) is 0 Å². The Morgan fingerprint density at radius 3 is 2.34 bits per heavy atom. The summed E-state index contributed by atoms with van der Waals surface area (Å²) >= 11 is 3.45. The van der Waals surface area contributed by atoms with Crippen molar-refractivity contribution in [3.8, 4) is 0 Å². The van der Waals surface area contributed by atoms with Crippen LogP contribution in [0.1, 0.15) is 16.1 Å². The van der Waals surface area contributed by atoms with E-state index in [1.807, 2.05) is 4.90 Å². The zero-order valence-corrected chi connectivity index (χ0v) is 18.7. The van der Waals surface area contributed by atoms with Crippen LogP contribution in [-0.2, 0) is 16.2 Å². The molecule has 0 amide bonds. The zero-order valence-electron chi connectivity index (χ0n) is 16.3. The highest BCUT2D eigenvalue weighted by Crippen LogP contribution is 2.38. The lowest BCUT2D eigenvalue weighted by molar-refractivity contribution is -0.139. The SMILES string of the molecule is O=C(O)c1cc2c(Br)c(N3CCN(S(=O)(=O)c4ccccc4C(F)(F)F)CC3)ccc2o1. The summed E-state index contributed by atoms with van der Waals surface area (Å²) in [4.78, 5) is 12.3. The van der Waals surface area contributed by atoms with E-state index in [0.29, 0.717) is 21.1 Å². The normalized spacial score (nSPS) is 15.9. The fourth-order valence-corrected chi connectivity index (χ4v) is 5.98. The second kappa shape index (κ2) is 8.09. The Kier molecular flexibility index (Phi) is 5.72. The summed E-state index contributed by atoms with van der Waals surface area (Å²) in [5, 5.41) is 9.66. The molecule has 170 valence electrons. The quantitative estimate of drug-likeness (QED) is 0.534. The maximum absolute atomic E-state index is 13.3. The molecular weight excluding hydrogens is 517 g/mol. The number of anilines is 1. The lowest BCUT2D eigenvalue weighted by Crippen LogP contribution is -2.49. The Hall–Kier alpha value is -2.57. The summed E-state index contributed by atoms with van der Waals surface area (Å²) in [6.07, 6.45) is -4.79. The van der Waals surface area contributed by atoms with E-state index >= 15 is 0 Å². The minimum Gasteiger partial charge on any atom is -0.475 e. The van der Waals surface area contributed by atoms with Crippen molar-refractivity contribution >= 4 is 48.6 Å². The highest BCUT2D eigenvalue weighted by molar-refractivity contribution is 9.10. The molecule has 4 rings (SSSR count). The summed E-state index contributed by atoms with van der Waals surface area (Å²) in [5.41, 5.74) is -0.115. The second-order valence-electron chi connectivity index (χ2n) is 7.11. The molecule has 0 saturated carbocycles. The number of hydrogen-bond donors (Lipinski definition) is 1. The van der Waals surface area contributed by atoms with Crippen LogP contribution in [0.2, 0.25) is 0 Å². The first-order chi connectivity index (χ1) is 15.0. The summed E-state index contributed by atoms with van der Waals surface area (Å²) < 4.78 is 72.7. The maximum atomic E-state index is 13.3. The lowest BCUT2D eigenvalue weighted by atomic mass is 10.2. The molecule has 2 aromatic carbocycles. The summed E-state index contributed by atoms with van der Waals surface area (Å²) in [7, 11) is -4.34. The molecule has 0 aliphatic carbocycles. The molecule has 1 aliphatic rings. The molecule has 1 fully saturated rings. The van der Waals surface area contributed by atoms with Gasteiger partial charge in [-0.2, -0.15) is 17.5 Å². The van der Waals surface area contributed by atoms with Crippen LogP contribution < -0.4 is 4.90 Å². The average molecular weight is 533 g/mol. The van der Waals surface area contributed by atoms with Gasteiger partial charge in [-0.1, -0.05) is 12.1 Å². The van der Waals surface area contributed by atoms with E-state index in [-0.39, 0.29) is 31.9 Å². The lowest BCUT2D eigenvalue weighted by Gasteiger charge is -2.36. The Labute approximate surface area is 189 Å². The molecule has 2 heterocycles. The first-order valence-electron chi connectivity index (χ1n) is 9.37. The van der Waals surface area contributed by atoms with Gasteiger partial charge < -0.3 is 14.4 Å². The Morgan fingerprint density at radius 2 is 1.72 bits per heavy atom. The van der Waals surface area contributed by atoms with Crippen molar-refractivity contribution in [3.63, 3.8) is 0 Å². The molecule has 1 aromatic heterocycles. The fraction of sp³-hybridized carbons (Fsp3) is 0.250. The molecule has 0 atom stereocenters. The number of alkyl halides is 3. The van der Waals surface area contributed by atoms with E-state index < -0.39 is 32.6 Å². The first kappa shape index (κ1) is 22.6. The number of nitrogens with zero attached hydrogens (tertiary/aromatic N) is 2. The standard InChI is InChI=1S/C20H16BrF3N2O5S/c21-18-12-11-16(19(27)28)31-15(12)6-5-14(18)25-7-9-26(10-8-25)32(29,30)17-4-2-1-3-13(17)20(22,23)24/h1-6,11H,7-10H2,(H,27,28). The number of carboxylic acids is 1. The number of piperazine rings is 1. The van der Waals surface area contributed by atoms with Crippen molar-refractivity contribution in [1.29, 1.82) is 0 Å². The van der Waals surface area contributed by atoms with Crippen LogP contribution in [0.15, 0.2) is 56.2 Å². The minimum atomic E-state index is -4.79. The zero-order chi connectivity index (χ0) is 23.3. The number of sulfonamides is 1. The van der Waals surface area contributed by atoms with E-state index in [1.54, 1.807) is 12.1 Å². The third-order valence-corrected chi connectivity index (χ3v) is 8.01. The minimum absolute atomic E-state index is 0.00916. The molecule has 0 spiro atoms. The van der Waals surface area contributed by atoms with E-state index in [9.17, 15) is 26.4 Å². The van der Waals surface area contributed by atoms with Gasteiger partial charge in [-0.25, -0.2) is 13.2 Å². The number of fused-ring (bicyclic) bond motifs is 1. The molecule has 12 heteroatoms. The number of carbonyl (C=O) groups is 1. The molecule has 1 aliphatic heterocycles. The molecule has 1 saturated heterocycles. The van der Waals surface area contributed by atoms with Crippen molar-refractivity contribution < 1.29 is 35.9 Å². The topological polar surface area (TPSA) is 91.1 Å². The van der Waals surface area contributed by atoms with Crippen LogP contribution in [0.4, 0.5) is 18.9 Å². The monoisotopic (exact) mass is 532 g/mol. The van der Waals surface area contributed by atoms with Crippen LogP contribution in [-0.4, -0.2) is 50.0 Å². The highest BCUT2D eigenvalue weighted by Gasteiger charge is 2.39. The smallest absolute Gasteiger partial charge is 0.417 e. The summed E-state index contributed by atoms with van der Waals surface area (Å²) in [6.45, 7) is 0.456. The predicted octanol–water partition coefficient (Wildman–Crippen LogP) is 4.42. The van der Waals surface area contributed by atoms with Gasteiger partial charge in [0.1, 0.15) is 5.58 Å². The van der Waals surface area contributed by atoms with Gasteiger partial charge in [0.25, 0.3) is 0 Å². The molecule has 1 N–H and O–H groups in total.